The Balaban J connectivity index is 3.56. The molecule has 0 rings (SSSR count). The van der Waals surface area contributed by atoms with Crippen molar-refractivity contribution in [2.24, 2.45) is 5.73 Å². The first-order valence-corrected chi connectivity index (χ1v) is 4.86. The average Bonchev–Trinajstić information content (AvgIpc) is 2.17. The maximum Gasteiger partial charge on any atom is 0.407 e. The molecule has 5 heteroatoms. The monoisotopic (exact) mass is 204 g/mol. The van der Waals surface area contributed by atoms with E-state index in [1.54, 1.807) is 7.11 Å². The van der Waals surface area contributed by atoms with Crippen LogP contribution < -0.4 is 11.1 Å². The van der Waals surface area contributed by atoms with Crippen molar-refractivity contribution in [1.29, 1.82) is 0 Å². The van der Waals surface area contributed by atoms with E-state index in [0.717, 1.165) is 12.8 Å². The molecule has 5 nitrogen and oxygen atoms in total. The number of nitrogens with two attached hydrogens (primary N) is 1. The summed E-state index contributed by atoms with van der Waals surface area (Å²) < 4.78 is 9.77. The second-order valence-corrected chi connectivity index (χ2v) is 3.02. The first-order valence-electron chi connectivity index (χ1n) is 4.86. The zero-order valence-corrected chi connectivity index (χ0v) is 8.91. The Morgan fingerprint density at radius 3 is 2.79 bits per heavy atom. The summed E-state index contributed by atoms with van der Waals surface area (Å²) in [7, 11) is 1.56. The van der Waals surface area contributed by atoms with Gasteiger partial charge in [0.2, 0.25) is 0 Å². The molecule has 0 heterocycles. The minimum atomic E-state index is -0.425. The highest BCUT2D eigenvalue weighted by molar-refractivity contribution is 5.67. The molecule has 14 heavy (non-hydrogen) atoms. The normalized spacial score (nSPS) is 12.2. The molecule has 0 saturated carbocycles. The van der Waals surface area contributed by atoms with Gasteiger partial charge in [-0.25, -0.2) is 4.79 Å². The third-order valence-corrected chi connectivity index (χ3v) is 1.71. The number of unbranched alkanes of at least 4 members (excludes halogenated alkanes) is 1. The fourth-order valence-electron chi connectivity index (χ4n) is 0.887. The lowest BCUT2D eigenvalue weighted by Gasteiger charge is -2.15. The highest BCUT2D eigenvalue weighted by Gasteiger charge is 2.10. The molecule has 3 N–H and O–H groups in total. The van der Waals surface area contributed by atoms with Gasteiger partial charge in [0.15, 0.2) is 0 Å². The molecule has 1 amide bonds. The SMILES string of the molecule is CCCCOC(=O)N[C@H](CN)COC. The van der Waals surface area contributed by atoms with Crippen LogP contribution in [0.3, 0.4) is 0 Å². The molecule has 0 aliphatic carbocycles. The Hall–Kier alpha value is -0.810. The van der Waals surface area contributed by atoms with Crippen molar-refractivity contribution in [1.82, 2.24) is 5.32 Å². The number of hydrogen-bond acceptors (Lipinski definition) is 4. The van der Waals surface area contributed by atoms with E-state index in [4.69, 9.17) is 15.2 Å². The second kappa shape index (κ2) is 8.77. The number of alkyl carbamates (subject to hydrolysis) is 1. The van der Waals surface area contributed by atoms with Crippen LogP contribution in [0.25, 0.3) is 0 Å². The zero-order chi connectivity index (χ0) is 10.8. The van der Waals surface area contributed by atoms with Crippen LogP contribution in [0.5, 0.6) is 0 Å². The molecule has 0 aliphatic heterocycles. The standard InChI is InChI=1S/C9H20N2O3/c1-3-4-5-14-9(12)11-8(6-10)7-13-2/h8H,3-7,10H2,1-2H3,(H,11,12)/t8-/m1/s1. The van der Waals surface area contributed by atoms with Crippen LogP contribution in [0.4, 0.5) is 4.79 Å². The van der Waals surface area contributed by atoms with E-state index < -0.39 is 6.09 Å². The van der Waals surface area contributed by atoms with Crippen molar-refractivity contribution in [3.8, 4) is 0 Å². The van der Waals surface area contributed by atoms with Crippen LogP contribution in [-0.4, -0.2) is 39.0 Å². The lowest BCUT2D eigenvalue weighted by Crippen LogP contribution is -2.43. The summed E-state index contributed by atoms with van der Waals surface area (Å²) in [6.45, 7) is 3.23. The van der Waals surface area contributed by atoms with Crippen LogP contribution in [0, 0.1) is 0 Å². The maximum absolute atomic E-state index is 11.1. The van der Waals surface area contributed by atoms with Crippen LogP contribution in [0.1, 0.15) is 19.8 Å². The predicted molar refractivity (Wildman–Crippen MR) is 54.1 cm³/mol. The molecule has 0 spiro atoms. The number of nitrogens with one attached hydrogen (secondary N) is 1. The highest BCUT2D eigenvalue weighted by atomic mass is 16.5. The molecule has 0 aromatic heterocycles. The van der Waals surface area contributed by atoms with E-state index in [0.29, 0.717) is 19.8 Å². The molecule has 0 aromatic rings. The van der Waals surface area contributed by atoms with Crippen molar-refractivity contribution in [2.45, 2.75) is 25.8 Å². The first kappa shape index (κ1) is 13.2. The van der Waals surface area contributed by atoms with Crippen molar-refractivity contribution < 1.29 is 14.3 Å². The highest BCUT2D eigenvalue weighted by Crippen LogP contribution is 1.90. The summed E-state index contributed by atoms with van der Waals surface area (Å²) >= 11 is 0. The largest absolute Gasteiger partial charge is 0.450 e. The minimum Gasteiger partial charge on any atom is -0.450 e. The van der Waals surface area contributed by atoms with Gasteiger partial charge < -0.3 is 20.5 Å². The number of rotatable bonds is 7. The summed E-state index contributed by atoms with van der Waals surface area (Å²) in [4.78, 5) is 11.1. The number of hydrogen-bond donors (Lipinski definition) is 2. The van der Waals surface area contributed by atoms with Gasteiger partial charge in [-0.1, -0.05) is 13.3 Å². The van der Waals surface area contributed by atoms with Crippen molar-refractivity contribution in [3.63, 3.8) is 0 Å². The van der Waals surface area contributed by atoms with Gasteiger partial charge in [-0.05, 0) is 6.42 Å². The Bertz CT molecular complexity index is 153. The van der Waals surface area contributed by atoms with Crippen molar-refractivity contribution >= 4 is 6.09 Å². The van der Waals surface area contributed by atoms with Crippen LogP contribution in [0.2, 0.25) is 0 Å². The van der Waals surface area contributed by atoms with Crippen molar-refractivity contribution in [2.75, 3.05) is 26.9 Å². The number of carbonyl (C=O) groups excluding carboxylic acids is 1. The van der Waals surface area contributed by atoms with Gasteiger partial charge in [-0.2, -0.15) is 0 Å². The molecule has 0 bridgehead atoms. The maximum atomic E-state index is 11.1. The Kier molecular flexibility index (Phi) is 8.27. The fourth-order valence-corrected chi connectivity index (χ4v) is 0.887. The third-order valence-electron chi connectivity index (χ3n) is 1.71. The molecular weight excluding hydrogens is 184 g/mol. The second-order valence-electron chi connectivity index (χ2n) is 3.02. The van der Waals surface area contributed by atoms with E-state index in [1.165, 1.54) is 0 Å². The third kappa shape index (κ3) is 6.68. The number of ether oxygens (including phenoxy) is 2. The van der Waals surface area contributed by atoms with E-state index in [1.807, 2.05) is 6.92 Å². The average molecular weight is 204 g/mol. The minimum absolute atomic E-state index is 0.172. The van der Waals surface area contributed by atoms with E-state index >= 15 is 0 Å². The molecular formula is C9H20N2O3. The zero-order valence-electron chi connectivity index (χ0n) is 8.91. The Morgan fingerprint density at radius 1 is 1.57 bits per heavy atom. The lowest BCUT2D eigenvalue weighted by atomic mass is 10.3. The summed E-state index contributed by atoms with van der Waals surface area (Å²) in [5.41, 5.74) is 5.41. The number of methoxy groups -OCH3 is 1. The molecule has 0 unspecified atom stereocenters. The topological polar surface area (TPSA) is 73.6 Å². The van der Waals surface area contributed by atoms with Gasteiger partial charge in [-0.3, -0.25) is 0 Å². The van der Waals surface area contributed by atoms with Gasteiger partial charge in [0.1, 0.15) is 0 Å². The summed E-state index contributed by atoms with van der Waals surface area (Å²) in [6, 6.07) is -0.172. The number of carbonyl (C=O) groups is 1. The molecule has 0 radical (unpaired) electrons. The summed E-state index contributed by atoms with van der Waals surface area (Å²) in [5.74, 6) is 0. The molecule has 0 aliphatic rings. The quantitative estimate of drug-likeness (QED) is 0.592. The van der Waals surface area contributed by atoms with E-state index in [2.05, 4.69) is 5.32 Å². The number of amides is 1. The van der Waals surface area contributed by atoms with Crippen LogP contribution in [-0.2, 0) is 9.47 Å². The Morgan fingerprint density at radius 2 is 2.29 bits per heavy atom. The van der Waals surface area contributed by atoms with Gasteiger partial charge >= 0.3 is 6.09 Å². The summed E-state index contributed by atoms with van der Waals surface area (Å²) in [5, 5.41) is 2.62. The molecule has 0 fully saturated rings. The predicted octanol–water partition coefficient (Wildman–Crippen LogP) is 0.486. The van der Waals surface area contributed by atoms with E-state index in [-0.39, 0.29) is 6.04 Å². The Labute approximate surface area is 84.9 Å². The molecule has 0 saturated heterocycles. The van der Waals surface area contributed by atoms with E-state index in [9.17, 15) is 4.79 Å². The molecule has 84 valence electrons. The summed E-state index contributed by atoms with van der Waals surface area (Å²) in [6.07, 6.45) is 1.46. The van der Waals surface area contributed by atoms with Crippen LogP contribution >= 0.6 is 0 Å². The van der Waals surface area contributed by atoms with Crippen LogP contribution in [0.15, 0.2) is 0 Å². The van der Waals surface area contributed by atoms with Gasteiger partial charge in [0, 0.05) is 13.7 Å². The fraction of sp³-hybridized carbons (Fsp3) is 0.889. The van der Waals surface area contributed by atoms with Gasteiger partial charge in [0.25, 0.3) is 0 Å². The van der Waals surface area contributed by atoms with Crippen molar-refractivity contribution in [3.05, 3.63) is 0 Å². The van der Waals surface area contributed by atoms with Gasteiger partial charge in [-0.15, -0.1) is 0 Å². The molecule has 0 aromatic carbocycles. The smallest absolute Gasteiger partial charge is 0.407 e. The first-order chi connectivity index (χ1) is 6.74. The molecule has 1 atom stereocenters. The van der Waals surface area contributed by atoms with Gasteiger partial charge in [0.05, 0.1) is 19.3 Å². The lowest BCUT2D eigenvalue weighted by molar-refractivity contribution is 0.125.